The van der Waals surface area contributed by atoms with E-state index in [-0.39, 0.29) is 5.91 Å². The zero-order valence-electron chi connectivity index (χ0n) is 14.7. The van der Waals surface area contributed by atoms with Crippen molar-refractivity contribution in [3.63, 3.8) is 0 Å². The first kappa shape index (κ1) is 18.0. The molecule has 0 heterocycles. The fourth-order valence-electron chi connectivity index (χ4n) is 2.49. The van der Waals surface area contributed by atoms with Crippen LogP contribution in [-0.2, 0) is 4.79 Å². The quantitative estimate of drug-likeness (QED) is 0.706. The number of anilines is 1. The van der Waals surface area contributed by atoms with Crippen LogP contribution in [0.15, 0.2) is 42.5 Å². The highest BCUT2D eigenvalue weighted by Crippen LogP contribution is 2.29. The SMILES string of the molecule is CCCCNCC(=O)Nc1c(C)cc(Oc2ccccc2)cc1C. The van der Waals surface area contributed by atoms with Gasteiger partial charge in [0.2, 0.25) is 5.91 Å². The number of ether oxygens (including phenoxy) is 1. The maximum atomic E-state index is 12.1. The molecule has 1 amide bonds. The first-order chi connectivity index (χ1) is 11.6. The van der Waals surface area contributed by atoms with Crippen molar-refractivity contribution in [2.45, 2.75) is 33.6 Å². The molecule has 0 unspecified atom stereocenters. The Hall–Kier alpha value is -2.33. The number of benzene rings is 2. The molecule has 128 valence electrons. The minimum atomic E-state index is -0.0194. The summed E-state index contributed by atoms with van der Waals surface area (Å²) in [7, 11) is 0. The second-order valence-electron chi connectivity index (χ2n) is 5.93. The molecule has 0 saturated heterocycles. The van der Waals surface area contributed by atoms with Gasteiger partial charge in [0.25, 0.3) is 0 Å². The third-order valence-electron chi connectivity index (χ3n) is 3.74. The first-order valence-corrected chi connectivity index (χ1v) is 8.45. The third-order valence-corrected chi connectivity index (χ3v) is 3.74. The van der Waals surface area contributed by atoms with E-state index >= 15 is 0 Å². The summed E-state index contributed by atoms with van der Waals surface area (Å²) in [5.74, 6) is 1.55. The van der Waals surface area contributed by atoms with Crippen molar-refractivity contribution >= 4 is 11.6 Å². The Bertz CT molecular complexity index is 646. The zero-order chi connectivity index (χ0) is 17.4. The van der Waals surface area contributed by atoms with Gasteiger partial charge in [0.05, 0.1) is 6.54 Å². The van der Waals surface area contributed by atoms with Crippen molar-refractivity contribution in [3.05, 3.63) is 53.6 Å². The van der Waals surface area contributed by atoms with E-state index in [2.05, 4.69) is 17.6 Å². The average Bonchev–Trinajstić information content (AvgIpc) is 2.56. The van der Waals surface area contributed by atoms with Crippen LogP contribution in [0.2, 0.25) is 0 Å². The summed E-state index contributed by atoms with van der Waals surface area (Å²) < 4.78 is 5.87. The smallest absolute Gasteiger partial charge is 0.238 e. The van der Waals surface area contributed by atoms with Gasteiger partial charge >= 0.3 is 0 Å². The van der Waals surface area contributed by atoms with Gasteiger partial charge in [-0.25, -0.2) is 0 Å². The van der Waals surface area contributed by atoms with Crippen LogP contribution >= 0.6 is 0 Å². The van der Waals surface area contributed by atoms with Crippen molar-refractivity contribution < 1.29 is 9.53 Å². The van der Waals surface area contributed by atoms with Crippen LogP contribution in [0.4, 0.5) is 5.69 Å². The molecule has 2 N–H and O–H groups in total. The molecule has 0 atom stereocenters. The zero-order valence-corrected chi connectivity index (χ0v) is 14.7. The van der Waals surface area contributed by atoms with Crippen LogP contribution < -0.4 is 15.4 Å². The molecule has 0 saturated carbocycles. The summed E-state index contributed by atoms with van der Waals surface area (Å²) in [6.07, 6.45) is 2.20. The number of rotatable bonds is 8. The lowest BCUT2D eigenvalue weighted by atomic mass is 10.1. The molecule has 2 aromatic carbocycles. The van der Waals surface area contributed by atoms with E-state index in [0.29, 0.717) is 6.54 Å². The average molecular weight is 326 g/mol. The number of aryl methyl sites for hydroxylation is 2. The van der Waals surface area contributed by atoms with Crippen molar-refractivity contribution in [1.29, 1.82) is 0 Å². The Morgan fingerprint density at radius 1 is 1.04 bits per heavy atom. The van der Waals surface area contributed by atoms with Crippen LogP contribution in [0.3, 0.4) is 0 Å². The van der Waals surface area contributed by atoms with Gasteiger partial charge in [0.1, 0.15) is 11.5 Å². The second-order valence-corrected chi connectivity index (χ2v) is 5.93. The van der Waals surface area contributed by atoms with E-state index in [9.17, 15) is 4.79 Å². The van der Waals surface area contributed by atoms with E-state index in [1.807, 2.05) is 56.3 Å². The molecule has 2 aromatic rings. The minimum absolute atomic E-state index is 0.0194. The molecule has 0 aliphatic carbocycles. The summed E-state index contributed by atoms with van der Waals surface area (Å²) in [6, 6.07) is 13.6. The van der Waals surface area contributed by atoms with Crippen LogP contribution in [0, 0.1) is 13.8 Å². The molecular formula is C20H26N2O2. The van der Waals surface area contributed by atoms with E-state index in [1.54, 1.807) is 0 Å². The van der Waals surface area contributed by atoms with Gasteiger partial charge in [-0.1, -0.05) is 31.5 Å². The molecule has 0 fully saturated rings. The monoisotopic (exact) mass is 326 g/mol. The Kier molecular flexibility index (Phi) is 6.82. The maximum Gasteiger partial charge on any atom is 0.238 e. The van der Waals surface area contributed by atoms with Gasteiger partial charge in [0.15, 0.2) is 0 Å². The molecule has 0 aliphatic rings. The minimum Gasteiger partial charge on any atom is -0.457 e. The highest BCUT2D eigenvalue weighted by atomic mass is 16.5. The summed E-state index contributed by atoms with van der Waals surface area (Å²) in [6.45, 7) is 7.29. The lowest BCUT2D eigenvalue weighted by Gasteiger charge is -2.15. The van der Waals surface area contributed by atoms with Crippen molar-refractivity contribution in [3.8, 4) is 11.5 Å². The molecule has 2 rings (SSSR count). The van der Waals surface area contributed by atoms with Gasteiger partial charge < -0.3 is 15.4 Å². The summed E-state index contributed by atoms with van der Waals surface area (Å²) in [5.41, 5.74) is 2.84. The Morgan fingerprint density at radius 3 is 2.33 bits per heavy atom. The number of unbranched alkanes of at least 4 members (excludes halogenated alkanes) is 1. The van der Waals surface area contributed by atoms with Crippen LogP contribution in [-0.4, -0.2) is 19.0 Å². The van der Waals surface area contributed by atoms with E-state index < -0.39 is 0 Å². The first-order valence-electron chi connectivity index (χ1n) is 8.45. The third kappa shape index (κ3) is 5.39. The molecule has 24 heavy (non-hydrogen) atoms. The van der Waals surface area contributed by atoms with Gasteiger partial charge in [-0.3, -0.25) is 4.79 Å². The number of amides is 1. The van der Waals surface area contributed by atoms with Crippen molar-refractivity contribution in [2.24, 2.45) is 0 Å². The number of para-hydroxylation sites is 1. The second kappa shape index (κ2) is 9.08. The lowest BCUT2D eigenvalue weighted by Crippen LogP contribution is -2.29. The van der Waals surface area contributed by atoms with Crippen molar-refractivity contribution in [1.82, 2.24) is 5.32 Å². The predicted molar refractivity (Wildman–Crippen MR) is 98.8 cm³/mol. The van der Waals surface area contributed by atoms with Gasteiger partial charge in [-0.05, 0) is 62.2 Å². The molecule has 0 bridgehead atoms. The molecule has 0 radical (unpaired) electrons. The summed E-state index contributed by atoms with van der Waals surface area (Å²) in [4.78, 5) is 12.1. The normalized spacial score (nSPS) is 10.5. The largest absolute Gasteiger partial charge is 0.457 e. The molecule has 4 nitrogen and oxygen atoms in total. The van der Waals surface area contributed by atoms with Gasteiger partial charge in [0, 0.05) is 5.69 Å². The number of carbonyl (C=O) groups is 1. The number of hydrogen-bond donors (Lipinski definition) is 2. The number of carbonyl (C=O) groups excluding carboxylic acids is 1. The fraction of sp³-hybridized carbons (Fsp3) is 0.350. The Balaban J connectivity index is 2.00. The lowest BCUT2D eigenvalue weighted by molar-refractivity contribution is -0.115. The fourth-order valence-corrected chi connectivity index (χ4v) is 2.49. The highest BCUT2D eigenvalue weighted by Gasteiger charge is 2.10. The Labute approximate surface area is 144 Å². The topological polar surface area (TPSA) is 50.4 Å². The van der Waals surface area contributed by atoms with E-state index in [4.69, 9.17) is 4.74 Å². The summed E-state index contributed by atoms with van der Waals surface area (Å²) in [5, 5.41) is 6.14. The predicted octanol–water partition coefficient (Wildman–Crippen LogP) is 4.42. The standard InChI is InChI=1S/C20H26N2O2/c1-4-5-11-21-14-19(23)22-20-15(2)12-18(13-16(20)3)24-17-9-7-6-8-10-17/h6-10,12-13,21H,4-5,11,14H2,1-3H3,(H,22,23). The highest BCUT2D eigenvalue weighted by molar-refractivity contribution is 5.93. The van der Waals surface area contributed by atoms with Gasteiger partial charge in [-0.2, -0.15) is 0 Å². The van der Waals surface area contributed by atoms with Crippen molar-refractivity contribution in [2.75, 3.05) is 18.4 Å². The molecule has 0 aliphatic heterocycles. The maximum absolute atomic E-state index is 12.1. The molecular weight excluding hydrogens is 300 g/mol. The van der Waals surface area contributed by atoms with Crippen LogP contribution in [0.25, 0.3) is 0 Å². The molecule has 0 aromatic heterocycles. The molecule has 4 heteroatoms. The van der Waals surface area contributed by atoms with Gasteiger partial charge in [-0.15, -0.1) is 0 Å². The van der Waals surface area contributed by atoms with E-state index in [1.165, 1.54) is 0 Å². The van der Waals surface area contributed by atoms with Crippen LogP contribution in [0.5, 0.6) is 11.5 Å². The van der Waals surface area contributed by atoms with Crippen LogP contribution in [0.1, 0.15) is 30.9 Å². The Morgan fingerprint density at radius 2 is 1.71 bits per heavy atom. The van der Waals surface area contributed by atoms with E-state index in [0.717, 1.165) is 47.7 Å². The summed E-state index contributed by atoms with van der Waals surface area (Å²) >= 11 is 0. The number of nitrogens with one attached hydrogen (secondary N) is 2. The molecule has 0 spiro atoms. The number of hydrogen-bond acceptors (Lipinski definition) is 3.